The molecule has 7 heteroatoms. The number of carbonyl (C=O) groups is 1. The Morgan fingerprint density at radius 3 is 2.61 bits per heavy atom. The number of carbonyl (C=O) groups excluding carboxylic acids is 1. The number of hydrogen-bond donors (Lipinski definition) is 1. The Kier molecular flexibility index (Phi) is 5.62. The third kappa shape index (κ3) is 4.04. The van der Waals surface area contributed by atoms with Gasteiger partial charge in [-0.3, -0.25) is 9.69 Å². The normalized spacial score (nSPS) is 15.0. The van der Waals surface area contributed by atoms with Crippen LogP contribution in [0.3, 0.4) is 0 Å². The van der Waals surface area contributed by atoms with Crippen LogP contribution >= 0.6 is 22.9 Å². The van der Waals surface area contributed by atoms with Crippen molar-refractivity contribution in [2.24, 2.45) is 5.73 Å². The van der Waals surface area contributed by atoms with Gasteiger partial charge in [0, 0.05) is 59.3 Å². The number of halogens is 1. The smallest absolute Gasteiger partial charge is 0.252 e. The quantitative estimate of drug-likeness (QED) is 0.690. The summed E-state index contributed by atoms with van der Waals surface area (Å²) < 4.78 is 0. The van der Waals surface area contributed by atoms with Crippen LogP contribution in [0.2, 0.25) is 5.02 Å². The molecule has 0 atom stereocenters. The number of amides is 1. The lowest BCUT2D eigenvalue weighted by Gasteiger charge is -2.35. The number of aromatic nitrogens is 1. The molecular formula is C21H21ClN4OS. The summed E-state index contributed by atoms with van der Waals surface area (Å²) >= 11 is 8.11. The maximum atomic E-state index is 11.7. The lowest BCUT2D eigenvalue weighted by molar-refractivity contribution is 0.1000. The first-order valence-corrected chi connectivity index (χ1v) is 10.4. The average Bonchev–Trinajstić information content (AvgIpc) is 3.17. The van der Waals surface area contributed by atoms with E-state index >= 15 is 0 Å². The Bertz CT molecular complexity index is 982. The van der Waals surface area contributed by atoms with E-state index in [4.69, 9.17) is 17.3 Å². The topological polar surface area (TPSA) is 62.5 Å². The van der Waals surface area contributed by atoms with E-state index in [1.165, 1.54) is 9.75 Å². The van der Waals surface area contributed by atoms with E-state index in [0.717, 1.165) is 43.3 Å². The second kappa shape index (κ2) is 8.31. The Balaban J connectivity index is 1.39. The van der Waals surface area contributed by atoms with Crippen molar-refractivity contribution in [3.8, 4) is 10.4 Å². The maximum Gasteiger partial charge on any atom is 0.252 e. The number of nitrogens with zero attached hydrogens (tertiary/aromatic N) is 3. The van der Waals surface area contributed by atoms with E-state index in [-0.39, 0.29) is 0 Å². The first-order valence-electron chi connectivity index (χ1n) is 9.17. The fourth-order valence-corrected chi connectivity index (χ4v) is 4.83. The highest BCUT2D eigenvalue weighted by molar-refractivity contribution is 7.15. The summed E-state index contributed by atoms with van der Waals surface area (Å²) in [6.45, 7) is 4.37. The number of pyridine rings is 1. The van der Waals surface area contributed by atoms with Gasteiger partial charge in [-0.2, -0.15) is 0 Å². The van der Waals surface area contributed by atoms with Crippen LogP contribution in [0.4, 0.5) is 5.82 Å². The van der Waals surface area contributed by atoms with Gasteiger partial charge in [0.1, 0.15) is 5.82 Å². The number of piperazine rings is 1. The molecule has 3 heterocycles. The summed E-state index contributed by atoms with van der Waals surface area (Å²) in [6.07, 6.45) is 1.70. The zero-order chi connectivity index (χ0) is 19.5. The third-order valence-corrected chi connectivity index (χ3v) is 6.34. The lowest BCUT2D eigenvalue weighted by Crippen LogP contribution is -2.46. The molecule has 1 saturated heterocycles. The molecule has 1 aromatic carbocycles. The first-order chi connectivity index (χ1) is 13.6. The number of anilines is 1. The van der Waals surface area contributed by atoms with Gasteiger partial charge in [0.05, 0.1) is 5.56 Å². The largest absolute Gasteiger partial charge is 0.365 e. The van der Waals surface area contributed by atoms with Crippen LogP contribution in [0, 0.1) is 0 Å². The number of rotatable bonds is 5. The molecular weight excluding hydrogens is 392 g/mol. The molecule has 4 rings (SSSR count). The summed E-state index contributed by atoms with van der Waals surface area (Å²) in [5, 5.41) is 0.783. The molecule has 1 aliphatic heterocycles. The van der Waals surface area contributed by atoms with Crippen molar-refractivity contribution < 1.29 is 4.79 Å². The fourth-order valence-electron chi connectivity index (χ4n) is 3.45. The van der Waals surface area contributed by atoms with Gasteiger partial charge in [-0.15, -0.1) is 11.3 Å². The van der Waals surface area contributed by atoms with Gasteiger partial charge in [0.25, 0.3) is 5.91 Å². The van der Waals surface area contributed by atoms with Crippen molar-refractivity contribution in [3.05, 3.63) is 70.2 Å². The molecule has 2 N–H and O–H groups in total. The minimum atomic E-state index is -0.434. The lowest BCUT2D eigenvalue weighted by atomic mass is 10.2. The molecule has 0 aliphatic carbocycles. The van der Waals surface area contributed by atoms with Crippen molar-refractivity contribution in [2.75, 3.05) is 31.1 Å². The Morgan fingerprint density at radius 1 is 1.07 bits per heavy atom. The van der Waals surface area contributed by atoms with Gasteiger partial charge in [-0.25, -0.2) is 4.98 Å². The van der Waals surface area contributed by atoms with E-state index < -0.39 is 5.91 Å². The van der Waals surface area contributed by atoms with Crippen LogP contribution in [0.5, 0.6) is 0 Å². The fraction of sp³-hybridized carbons (Fsp3) is 0.238. The molecule has 0 radical (unpaired) electrons. The van der Waals surface area contributed by atoms with Crippen molar-refractivity contribution in [1.29, 1.82) is 0 Å². The van der Waals surface area contributed by atoms with Gasteiger partial charge in [-0.05, 0) is 30.3 Å². The molecule has 5 nitrogen and oxygen atoms in total. The molecule has 28 heavy (non-hydrogen) atoms. The van der Waals surface area contributed by atoms with Gasteiger partial charge < -0.3 is 10.6 Å². The molecule has 2 aromatic heterocycles. The monoisotopic (exact) mass is 412 g/mol. The Hall–Kier alpha value is -2.41. The predicted octanol–water partition coefficient (Wildman–Crippen LogP) is 3.88. The van der Waals surface area contributed by atoms with E-state index in [2.05, 4.69) is 33.0 Å². The van der Waals surface area contributed by atoms with Crippen LogP contribution < -0.4 is 10.6 Å². The van der Waals surface area contributed by atoms with Gasteiger partial charge >= 0.3 is 0 Å². The van der Waals surface area contributed by atoms with Gasteiger partial charge in [-0.1, -0.05) is 29.8 Å². The summed E-state index contributed by atoms with van der Waals surface area (Å²) in [6, 6.07) is 15.7. The highest BCUT2D eigenvalue weighted by Gasteiger charge is 2.22. The Morgan fingerprint density at radius 2 is 1.86 bits per heavy atom. The molecule has 0 saturated carbocycles. The number of primary amides is 1. The zero-order valence-corrected chi connectivity index (χ0v) is 16.9. The van der Waals surface area contributed by atoms with Crippen LogP contribution in [-0.2, 0) is 6.54 Å². The summed E-state index contributed by atoms with van der Waals surface area (Å²) in [5.74, 6) is 0.253. The number of hydrogen-bond acceptors (Lipinski definition) is 5. The average molecular weight is 413 g/mol. The molecule has 0 spiro atoms. The van der Waals surface area contributed by atoms with Crippen molar-refractivity contribution in [1.82, 2.24) is 9.88 Å². The highest BCUT2D eigenvalue weighted by atomic mass is 35.5. The maximum absolute atomic E-state index is 11.7. The minimum Gasteiger partial charge on any atom is -0.365 e. The van der Waals surface area contributed by atoms with Crippen LogP contribution in [0.25, 0.3) is 10.4 Å². The summed E-state index contributed by atoms with van der Waals surface area (Å²) in [5.41, 5.74) is 7.06. The molecule has 144 valence electrons. The van der Waals surface area contributed by atoms with E-state index in [9.17, 15) is 4.79 Å². The standard InChI is InChI=1S/C21H21ClN4OS/c22-18-6-2-1-4-16(18)19-8-7-15(28-19)14-25-10-12-26(13-11-25)21-17(20(23)27)5-3-9-24-21/h1-9H,10-14H2,(H2,23,27). The second-order valence-electron chi connectivity index (χ2n) is 6.75. The van der Waals surface area contributed by atoms with E-state index in [1.54, 1.807) is 29.7 Å². The van der Waals surface area contributed by atoms with Crippen LogP contribution in [0.1, 0.15) is 15.2 Å². The van der Waals surface area contributed by atoms with Crippen molar-refractivity contribution in [3.63, 3.8) is 0 Å². The SMILES string of the molecule is NC(=O)c1cccnc1N1CCN(Cc2ccc(-c3ccccc3Cl)s2)CC1. The number of nitrogens with two attached hydrogens (primary N) is 1. The highest BCUT2D eigenvalue weighted by Crippen LogP contribution is 2.33. The van der Waals surface area contributed by atoms with Crippen LogP contribution in [-0.4, -0.2) is 42.0 Å². The summed E-state index contributed by atoms with van der Waals surface area (Å²) in [7, 11) is 0. The first kappa shape index (κ1) is 18.9. The molecule has 1 amide bonds. The van der Waals surface area contributed by atoms with Crippen molar-refractivity contribution in [2.45, 2.75) is 6.54 Å². The van der Waals surface area contributed by atoms with Crippen molar-refractivity contribution >= 4 is 34.7 Å². The van der Waals surface area contributed by atoms with Crippen LogP contribution in [0.15, 0.2) is 54.7 Å². The molecule has 0 unspecified atom stereocenters. The predicted molar refractivity (Wildman–Crippen MR) is 115 cm³/mol. The Labute approximate surface area is 173 Å². The zero-order valence-electron chi connectivity index (χ0n) is 15.3. The van der Waals surface area contributed by atoms with Gasteiger partial charge in [0.2, 0.25) is 0 Å². The molecule has 0 bridgehead atoms. The minimum absolute atomic E-state index is 0.434. The summed E-state index contributed by atoms with van der Waals surface area (Å²) in [4.78, 5) is 23.1. The number of benzene rings is 1. The molecule has 3 aromatic rings. The molecule has 1 aliphatic rings. The third-order valence-electron chi connectivity index (χ3n) is 4.90. The van der Waals surface area contributed by atoms with E-state index in [1.807, 2.05) is 18.2 Å². The van der Waals surface area contributed by atoms with E-state index in [0.29, 0.717) is 11.4 Å². The second-order valence-corrected chi connectivity index (χ2v) is 8.32. The molecule has 1 fully saturated rings. The van der Waals surface area contributed by atoms with Gasteiger partial charge in [0.15, 0.2) is 0 Å². The number of thiophene rings is 1.